The zero-order valence-corrected chi connectivity index (χ0v) is 19.2. The maximum atomic E-state index is 12.5. The van der Waals surface area contributed by atoms with Crippen molar-refractivity contribution in [3.8, 4) is 0 Å². The number of carbonyl (C=O) groups excluding carboxylic acids is 2. The lowest BCUT2D eigenvalue weighted by Gasteiger charge is -2.64. The van der Waals surface area contributed by atoms with Crippen LogP contribution >= 0.6 is 0 Å². The molecule has 0 saturated heterocycles. The Morgan fingerprint density at radius 1 is 0.967 bits per heavy atom. The normalized spacial score (nSPS) is 49.5. The standard InChI is InChI=1S/C26H37NO3/c1-23(2)19-7-6-18-17(24(19,3)11-10-20(23)28)9-13-25(4)16(8-12-26(18,25)5)15-14-21(29)27-22(15)30/h6,14,16-17,19-20,28H,7-13H2,1-5H3,(H,27,29,30)/t16-,17+,19-,20+,24+,25-,26+/m0/s1. The third-order valence-corrected chi connectivity index (χ3v) is 11.0. The molecule has 7 atom stereocenters. The summed E-state index contributed by atoms with van der Waals surface area (Å²) >= 11 is 0. The maximum absolute atomic E-state index is 12.5. The van der Waals surface area contributed by atoms with Crippen LogP contribution in [-0.2, 0) is 9.59 Å². The van der Waals surface area contributed by atoms with Crippen molar-refractivity contribution < 1.29 is 14.7 Å². The monoisotopic (exact) mass is 411 g/mol. The van der Waals surface area contributed by atoms with Crippen LogP contribution in [0.25, 0.3) is 0 Å². The molecular formula is C26H37NO3. The van der Waals surface area contributed by atoms with E-state index in [0.717, 1.165) is 44.9 Å². The third kappa shape index (κ3) is 2.32. The minimum atomic E-state index is -0.254. The van der Waals surface area contributed by atoms with E-state index in [0.29, 0.717) is 17.4 Å². The summed E-state index contributed by atoms with van der Waals surface area (Å²) in [6.45, 7) is 11.8. The molecule has 0 spiro atoms. The molecule has 2 amide bonds. The average Bonchev–Trinajstić information content (AvgIpc) is 3.14. The highest BCUT2D eigenvalue weighted by Gasteiger charge is 2.65. The van der Waals surface area contributed by atoms with Crippen molar-refractivity contribution in [2.45, 2.75) is 85.7 Å². The third-order valence-electron chi connectivity index (χ3n) is 11.0. The summed E-state index contributed by atoms with van der Waals surface area (Å²) in [5, 5.41) is 13.2. The molecule has 0 aromatic carbocycles. The van der Waals surface area contributed by atoms with Gasteiger partial charge in [-0.3, -0.25) is 14.9 Å². The van der Waals surface area contributed by atoms with E-state index >= 15 is 0 Å². The molecule has 0 bridgehead atoms. The second-order valence-corrected chi connectivity index (χ2v) is 12.2. The molecule has 0 aromatic heterocycles. The van der Waals surface area contributed by atoms with Gasteiger partial charge in [0.25, 0.3) is 11.8 Å². The Kier molecular flexibility index (Phi) is 4.16. The first-order chi connectivity index (χ1) is 13.9. The topological polar surface area (TPSA) is 66.4 Å². The SMILES string of the molecule is CC1(C)[C@H](O)CC[C@]2(C)[C@@H]3CC[C@@]4(C)[C@H](C5=CC(=O)NC5=O)CC[C@]4(C)C3=CC[C@@H]12. The fraction of sp³-hybridized carbons (Fsp3) is 0.769. The highest BCUT2D eigenvalue weighted by molar-refractivity contribution is 6.16. The zero-order valence-electron chi connectivity index (χ0n) is 19.2. The Morgan fingerprint density at radius 2 is 1.67 bits per heavy atom. The molecule has 0 unspecified atom stereocenters. The van der Waals surface area contributed by atoms with Gasteiger partial charge in [-0.15, -0.1) is 0 Å². The lowest BCUT2D eigenvalue weighted by Crippen LogP contribution is -2.58. The van der Waals surface area contributed by atoms with Crippen molar-refractivity contribution in [3.05, 3.63) is 23.3 Å². The number of aliphatic hydroxyl groups excluding tert-OH is 1. The molecule has 3 saturated carbocycles. The molecule has 3 fully saturated rings. The van der Waals surface area contributed by atoms with Gasteiger partial charge in [0.15, 0.2) is 0 Å². The number of nitrogens with one attached hydrogen (secondary N) is 1. The average molecular weight is 412 g/mol. The summed E-state index contributed by atoms with van der Waals surface area (Å²) < 4.78 is 0. The Labute approximate surface area is 180 Å². The molecular weight excluding hydrogens is 374 g/mol. The molecule has 1 aliphatic heterocycles. The predicted molar refractivity (Wildman–Crippen MR) is 116 cm³/mol. The van der Waals surface area contributed by atoms with Crippen LogP contribution in [0.2, 0.25) is 0 Å². The fourth-order valence-electron chi connectivity index (χ4n) is 8.88. The Bertz CT molecular complexity index is 885. The Morgan fingerprint density at radius 3 is 2.33 bits per heavy atom. The lowest BCUT2D eigenvalue weighted by atomic mass is 9.41. The van der Waals surface area contributed by atoms with Gasteiger partial charge in [0.05, 0.1) is 6.10 Å². The second kappa shape index (κ2) is 6.09. The molecule has 2 N–H and O–H groups in total. The number of hydrogen-bond donors (Lipinski definition) is 2. The minimum absolute atomic E-state index is 0.00994. The van der Waals surface area contributed by atoms with E-state index in [-0.39, 0.29) is 45.5 Å². The number of carbonyl (C=O) groups is 2. The van der Waals surface area contributed by atoms with Crippen molar-refractivity contribution in [1.82, 2.24) is 5.32 Å². The van der Waals surface area contributed by atoms with E-state index in [1.54, 1.807) is 11.6 Å². The molecule has 0 radical (unpaired) electrons. The number of aliphatic hydroxyl groups is 1. The zero-order chi connectivity index (χ0) is 21.7. The number of fused-ring (bicyclic) bond motifs is 5. The van der Waals surface area contributed by atoms with Crippen LogP contribution in [0.3, 0.4) is 0 Å². The quantitative estimate of drug-likeness (QED) is 0.492. The van der Waals surface area contributed by atoms with Crippen LogP contribution in [0, 0.1) is 39.4 Å². The van der Waals surface area contributed by atoms with Gasteiger partial charge in [0, 0.05) is 11.6 Å². The fourth-order valence-corrected chi connectivity index (χ4v) is 8.88. The van der Waals surface area contributed by atoms with Gasteiger partial charge < -0.3 is 5.11 Å². The Hall–Kier alpha value is -1.42. The van der Waals surface area contributed by atoms with Crippen molar-refractivity contribution in [2.24, 2.45) is 39.4 Å². The molecule has 164 valence electrons. The summed E-state index contributed by atoms with van der Waals surface area (Å²) in [4.78, 5) is 24.3. The molecule has 1 heterocycles. The second-order valence-electron chi connectivity index (χ2n) is 12.2. The van der Waals surface area contributed by atoms with Crippen LogP contribution in [0.5, 0.6) is 0 Å². The predicted octanol–water partition coefficient (Wildman–Crippen LogP) is 4.54. The largest absolute Gasteiger partial charge is 0.393 e. The number of allylic oxidation sites excluding steroid dienone is 2. The smallest absolute Gasteiger partial charge is 0.254 e. The first-order valence-corrected chi connectivity index (χ1v) is 11.9. The minimum Gasteiger partial charge on any atom is -0.393 e. The first-order valence-electron chi connectivity index (χ1n) is 11.9. The summed E-state index contributed by atoms with van der Waals surface area (Å²) in [7, 11) is 0. The molecule has 4 nitrogen and oxygen atoms in total. The van der Waals surface area contributed by atoms with Crippen molar-refractivity contribution in [3.63, 3.8) is 0 Å². The molecule has 5 aliphatic rings. The molecule has 0 aromatic rings. The van der Waals surface area contributed by atoms with E-state index in [9.17, 15) is 14.7 Å². The molecule has 30 heavy (non-hydrogen) atoms. The molecule has 5 rings (SSSR count). The van der Waals surface area contributed by atoms with Gasteiger partial charge in [-0.2, -0.15) is 0 Å². The van der Waals surface area contributed by atoms with Crippen LogP contribution in [0.4, 0.5) is 0 Å². The van der Waals surface area contributed by atoms with Gasteiger partial charge in [-0.25, -0.2) is 0 Å². The molecule has 4 aliphatic carbocycles. The Balaban J connectivity index is 1.55. The molecule has 4 heteroatoms. The van der Waals surface area contributed by atoms with E-state index in [4.69, 9.17) is 0 Å². The number of amides is 2. The van der Waals surface area contributed by atoms with E-state index in [1.165, 1.54) is 0 Å². The van der Waals surface area contributed by atoms with E-state index in [1.807, 2.05) is 0 Å². The maximum Gasteiger partial charge on any atom is 0.254 e. The van der Waals surface area contributed by atoms with E-state index < -0.39 is 0 Å². The van der Waals surface area contributed by atoms with Crippen LogP contribution < -0.4 is 5.32 Å². The van der Waals surface area contributed by atoms with Gasteiger partial charge in [0.2, 0.25) is 0 Å². The highest BCUT2D eigenvalue weighted by Crippen LogP contribution is 2.73. The van der Waals surface area contributed by atoms with Crippen LogP contribution in [0.15, 0.2) is 23.3 Å². The summed E-state index contributed by atoms with van der Waals surface area (Å²) in [5.41, 5.74) is 2.59. The van der Waals surface area contributed by atoms with Crippen LogP contribution in [0.1, 0.15) is 79.6 Å². The van der Waals surface area contributed by atoms with Crippen molar-refractivity contribution in [2.75, 3.05) is 0 Å². The van der Waals surface area contributed by atoms with Gasteiger partial charge in [0.1, 0.15) is 0 Å². The summed E-state index contributed by atoms with van der Waals surface area (Å²) in [5.74, 6) is 0.800. The summed E-state index contributed by atoms with van der Waals surface area (Å²) in [6, 6.07) is 0. The van der Waals surface area contributed by atoms with Gasteiger partial charge >= 0.3 is 0 Å². The number of hydrogen-bond acceptors (Lipinski definition) is 3. The van der Waals surface area contributed by atoms with Gasteiger partial charge in [-0.1, -0.05) is 46.3 Å². The highest BCUT2D eigenvalue weighted by atomic mass is 16.3. The lowest BCUT2D eigenvalue weighted by molar-refractivity contribution is -0.130. The number of rotatable bonds is 1. The first kappa shape index (κ1) is 20.5. The van der Waals surface area contributed by atoms with Crippen molar-refractivity contribution >= 4 is 11.8 Å². The number of imide groups is 1. The van der Waals surface area contributed by atoms with E-state index in [2.05, 4.69) is 46.0 Å². The van der Waals surface area contributed by atoms with Gasteiger partial charge in [-0.05, 0) is 84.4 Å². The summed E-state index contributed by atoms with van der Waals surface area (Å²) in [6.07, 6.45) is 11.2. The van der Waals surface area contributed by atoms with Crippen molar-refractivity contribution in [1.29, 1.82) is 0 Å². The van der Waals surface area contributed by atoms with Crippen LogP contribution in [-0.4, -0.2) is 23.0 Å².